The van der Waals surface area contributed by atoms with Crippen LogP contribution in [0.25, 0.3) is 0 Å². The molecule has 0 aliphatic rings. The molecule has 0 atom stereocenters. The Morgan fingerprint density at radius 2 is 2.00 bits per heavy atom. The minimum atomic E-state index is -0.394. The van der Waals surface area contributed by atoms with Crippen LogP contribution in [0.1, 0.15) is 11.1 Å². The van der Waals surface area contributed by atoms with Crippen molar-refractivity contribution < 1.29 is 4.39 Å². The Kier molecular flexibility index (Phi) is 4.18. The van der Waals surface area contributed by atoms with Gasteiger partial charge in [-0.1, -0.05) is 34.1 Å². The van der Waals surface area contributed by atoms with Crippen LogP contribution in [0.2, 0.25) is 0 Å². The van der Waals surface area contributed by atoms with Crippen molar-refractivity contribution in [3.05, 3.63) is 63.9 Å². The van der Waals surface area contributed by atoms with Crippen molar-refractivity contribution in [2.45, 2.75) is 6.54 Å². The molecule has 19 heavy (non-hydrogen) atoms. The van der Waals surface area contributed by atoms with E-state index in [9.17, 15) is 4.39 Å². The molecule has 0 saturated carbocycles. The summed E-state index contributed by atoms with van der Waals surface area (Å²) in [6, 6.07) is 14.2. The molecule has 0 bridgehead atoms. The summed E-state index contributed by atoms with van der Waals surface area (Å²) in [5.41, 5.74) is 2.17. The highest BCUT2D eigenvalue weighted by Crippen LogP contribution is 2.24. The van der Waals surface area contributed by atoms with Crippen molar-refractivity contribution in [2.75, 3.05) is 11.9 Å². The molecule has 0 fully saturated rings. The van der Waals surface area contributed by atoms with Crippen LogP contribution in [-0.2, 0) is 6.54 Å². The number of rotatable bonds is 3. The second kappa shape index (κ2) is 5.85. The van der Waals surface area contributed by atoms with Gasteiger partial charge < -0.3 is 4.90 Å². The average molecular weight is 319 g/mol. The highest BCUT2D eigenvalue weighted by atomic mass is 79.9. The Balaban J connectivity index is 2.28. The number of halogens is 2. The van der Waals surface area contributed by atoms with Gasteiger partial charge in [0.05, 0.1) is 11.3 Å². The first-order valence-electron chi connectivity index (χ1n) is 5.76. The van der Waals surface area contributed by atoms with Gasteiger partial charge in [0, 0.05) is 18.1 Å². The first kappa shape index (κ1) is 13.6. The van der Waals surface area contributed by atoms with Gasteiger partial charge in [-0.3, -0.25) is 0 Å². The van der Waals surface area contributed by atoms with Crippen molar-refractivity contribution in [1.29, 1.82) is 5.26 Å². The number of hydrogen-bond donors (Lipinski definition) is 0. The van der Waals surface area contributed by atoms with E-state index in [1.165, 1.54) is 12.1 Å². The second-order valence-corrected chi connectivity index (χ2v) is 5.08. The Hall–Kier alpha value is -1.86. The Morgan fingerprint density at radius 3 is 2.68 bits per heavy atom. The molecule has 0 radical (unpaired) electrons. The van der Waals surface area contributed by atoms with Crippen molar-refractivity contribution in [2.24, 2.45) is 0 Å². The van der Waals surface area contributed by atoms with Gasteiger partial charge in [-0.2, -0.15) is 5.26 Å². The first-order valence-corrected chi connectivity index (χ1v) is 6.55. The molecule has 0 saturated heterocycles. The van der Waals surface area contributed by atoms with E-state index in [0.29, 0.717) is 12.1 Å². The number of benzene rings is 2. The van der Waals surface area contributed by atoms with E-state index in [2.05, 4.69) is 15.9 Å². The molecule has 0 aromatic heterocycles. The molecule has 0 heterocycles. The van der Waals surface area contributed by atoms with Crippen LogP contribution >= 0.6 is 15.9 Å². The first-order chi connectivity index (χ1) is 9.11. The SMILES string of the molecule is CN(Cc1ccccc1Br)c1ccc(F)cc1C#N. The summed E-state index contributed by atoms with van der Waals surface area (Å²) >= 11 is 3.49. The lowest BCUT2D eigenvalue weighted by Crippen LogP contribution is -2.17. The predicted octanol–water partition coefficient (Wildman–Crippen LogP) is 4.10. The van der Waals surface area contributed by atoms with Crippen molar-refractivity contribution in [3.8, 4) is 6.07 Å². The zero-order valence-electron chi connectivity index (χ0n) is 10.4. The Morgan fingerprint density at radius 1 is 1.26 bits per heavy atom. The van der Waals surface area contributed by atoms with Crippen LogP contribution in [0.4, 0.5) is 10.1 Å². The second-order valence-electron chi connectivity index (χ2n) is 4.22. The topological polar surface area (TPSA) is 27.0 Å². The van der Waals surface area contributed by atoms with Gasteiger partial charge in [0.25, 0.3) is 0 Å². The Bertz CT molecular complexity index is 634. The molecule has 0 spiro atoms. The van der Waals surface area contributed by atoms with Crippen LogP contribution in [0.5, 0.6) is 0 Å². The molecule has 2 aromatic carbocycles. The van der Waals surface area contributed by atoms with Gasteiger partial charge in [-0.25, -0.2) is 4.39 Å². The summed E-state index contributed by atoms with van der Waals surface area (Å²) in [4.78, 5) is 1.93. The minimum Gasteiger partial charge on any atom is -0.369 e. The summed E-state index contributed by atoms with van der Waals surface area (Å²) in [5.74, 6) is -0.394. The van der Waals surface area contributed by atoms with Gasteiger partial charge in [-0.05, 0) is 29.8 Å². The van der Waals surface area contributed by atoms with Crippen molar-refractivity contribution >= 4 is 21.6 Å². The van der Waals surface area contributed by atoms with E-state index in [-0.39, 0.29) is 0 Å². The van der Waals surface area contributed by atoms with Gasteiger partial charge in [-0.15, -0.1) is 0 Å². The molecule has 4 heteroatoms. The highest BCUT2D eigenvalue weighted by molar-refractivity contribution is 9.10. The number of nitriles is 1. The molecule has 2 nitrogen and oxygen atoms in total. The lowest BCUT2D eigenvalue weighted by molar-refractivity contribution is 0.627. The highest BCUT2D eigenvalue weighted by Gasteiger charge is 2.10. The number of nitrogens with zero attached hydrogens (tertiary/aromatic N) is 2. The minimum absolute atomic E-state index is 0.342. The standard InChI is InChI=1S/C15H12BrFN2/c1-19(10-11-4-2-3-5-14(11)16)15-7-6-13(17)8-12(15)9-18/h2-8H,10H2,1H3. The lowest BCUT2D eigenvalue weighted by Gasteiger charge is -2.21. The molecule has 0 N–H and O–H groups in total. The van der Waals surface area contributed by atoms with Crippen LogP contribution < -0.4 is 4.90 Å². The Labute approximate surface area is 120 Å². The maximum Gasteiger partial charge on any atom is 0.124 e. The molecule has 0 aliphatic carbocycles. The predicted molar refractivity (Wildman–Crippen MR) is 77.4 cm³/mol. The summed E-state index contributed by atoms with van der Waals surface area (Å²) in [5, 5.41) is 9.06. The molecule has 0 amide bonds. The molecular weight excluding hydrogens is 307 g/mol. The summed E-state index contributed by atoms with van der Waals surface area (Å²) in [7, 11) is 1.88. The normalized spacial score (nSPS) is 10.0. The molecular formula is C15H12BrFN2. The fourth-order valence-electron chi connectivity index (χ4n) is 1.90. The third kappa shape index (κ3) is 3.12. The summed E-state index contributed by atoms with van der Waals surface area (Å²) in [6.07, 6.45) is 0. The van der Waals surface area contributed by atoms with E-state index in [4.69, 9.17) is 5.26 Å². The third-order valence-corrected chi connectivity index (χ3v) is 3.63. The van der Waals surface area contributed by atoms with E-state index < -0.39 is 5.82 Å². The van der Waals surface area contributed by atoms with Gasteiger partial charge in [0.2, 0.25) is 0 Å². The molecule has 2 rings (SSSR count). The van der Waals surface area contributed by atoms with Crippen LogP contribution in [-0.4, -0.2) is 7.05 Å². The molecule has 96 valence electrons. The zero-order chi connectivity index (χ0) is 13.8. The monoisotopic (exact) mass is 318 g/mol. The largest absolute Gasteiger partial charge is 0.369 e. The van der Waals surface area contributed by atoms with Crippen molar-refractivity contribution in [1.82, 2.24) is 0 Å². The lowest BCUT2D eigenvalue weighted by atomic mass is 10.1. The molecule has 0 aliphatic heterocycles. The fourth-order valence-corrected chi connectivity index (χ4v) is 2.31. The quantitative estimate of drug-likeness (QED) is 0.852. The number of anilines is 1. The van der Waals surface area contributed by atoms with Gasteiger partial charge in [0.1, 0.15) is 11.9 Å². The number of hydrogen-bond acceptors (Lipinski definition) is 2. The van der Waals surface area contributed by atoms with Gasteiger partial charge >= 0.3 is 0 Å². The van der Waals surface area contributed by atoms with Crippen LogP contribution in [0.3, 0.4) is 0 Å². The maximum atomic E-state index is 13.1. The van der Waals surface area contributed by atoms with E-state index in [0.717, 1.165) is 15.7 Å². The average Bonchev–Trinajstić information content (AvgIpc) is 2.41. The third-order valence-electron chi connectivity index (χ3n) is 2.86. The van der Waals surface area contributed by atoms with E-state index >= 15 is 0 Å². The zero-order valence-corrected chi connectivity index (χ0v) is 12.0. The van der Waals surface area contributed by atoms with Crippen LogP contribution in [0, 0.1) is 17.1 Å². The van der Waals surface area contributed by atoms with E-state index in [1.807, 2.05) is 42.3 Å². The summed E-state index contributed by atoms with van der Waals surface area (Å²) < 4.78 is 14.1. The van der Waals surface area contributed by atoms with Crippen LogP contribution in [0.15, 0.2) is 46.9 Å². The van der Waals surface area contributed by atoms with E-state index in [1.54, 1.807) is 6.07 Å². The summed E-state index contributed by atoms with van der Waals surface area (Å²) in [6.45, 7) is 0.641. The fraction of sp³-hybridized carbons (Fsp3) is 0.133. The van der Waals surface area contributed by atoms with Crippen molar-refractivity contribution in [3.63, 3.8) is 0 Å². The molecule has 0 unspecified atom stereocenters. The molecule has 2 aromatic rings. The van der Waals surface area contributed by atoms with Gasteiger partial charge in [0.15, 0.2) is 0 Å². The smallest absolute Gasteiger partial charge is 0.124 e. The maximum absolute atomic E-state index is 13.1.